The van der Waals surface area contributed by atoms with Crippen molar-refractivity contribution < 1.29 is 0 Å². The standard InChI is InChI=1S/C19H24Si/c1-17(2)11-9-10-16-20(18-12-5-3-6-13-18)19-14-7-4-8-15-19/h3-8,12-15,20H,1,9-11,16H2,2H3. The summed E-state index contributed by atoms with van der Waals surface area (Å²) in [5.41, 5.74) is 1.31. The zero-order chi connectivity index (χ0) is 14.2. The highest BCUT2D eigenvalue weighted by atomic mass is 28.3. The highest BCUT2D eigenvalue weighted by Crippen LogP contribution is 2.09. The first kappa shape index (κ1) is 14.8. The molecule has 0 fully saturated rings. The molecule has 0 aliphatic carbocycles. The molecule has 104 valence electrons. The van der Waals surface area contributed by atoms with Crippen LogP contribution in [0, 0.1) is 0 Å². The number of unbranched alkanes of at least 4 members (excludes halogenated alkanes) is 1. The monoisotopic (exact) mass is 280 g/mol. The van der Waals surface area contributed by atoms with E-state index in [1.807, 2.05) is 0 Å². The summed E-state index contributed by atoms with van der Waals surface area (Å²) < 4.78 is 0. The average Bonchev–Trinajstić information content (AvgIpc) is 2.49. The van der Waals surface area contributed by atoms with Crippen LogP contribution in [-0.2, 0) is 0 Å². The zero-order valence-corrected chi connectivity index (χ0v) is 13.5. The summed E-state index contributed by atoms with van der Waals surface area (Å²) in [5, 5.41) is 3.13. The summed E-state index contributed by atoms with van der Waals surface area (Å²) in [6.45, 7) is 6.13. The van der Waals surface area contributed by atoms with E-state index in [0.717, 1.165) is 0 Å². The normalized spacial score (nSPS) is 10.7. The maximum Gasteiger partial charge on any atom is 0.103 e. The van der Waals surface area contributed by atoms with Gasteiger partial charge in [0.05, 0.1) is 0 Å². The lowest BCUT2D eigenvalue weighted by Gasteiger charge is -2.16. The molecule has 0 aliphatic heterocycles. The molecule has 2 rings (SSSR count). The third-order valence-corrected chi connectivity index (χ3v) is 7.12. The molecule has 0 spiro atoms. The second kappa shape index (κ2) is 7.86. The van der Waals surface area contributed by atoms with Crippen molar-refractivity contribution in [1.29, 1.82) is 0 Å². The fourth-order valence-corrected chi connectivity index (χ4v) is 5.79. The van der Waals surface area contributed by atoms with E-state index in [1.54, 1.807) is 10.4 Å². The first-order valence-electron chi connectivity index (χ1n) is 7.51. The van der Waals surface area contributed by atoms with Crippen molar-refractivity contribution in [3.63, 3.8) is 0 Å². The second-order valence-electron chi connectivity index (χ2n) is 5.58. The topological polar surface area (TPSA) is 0 Å². The third-order valence-electron chi connectivity index (χ3n) is 3.75. The van der Waals surface area contributed by atoms with Gasteiger partial charge in [-0.1, -0.05) is 89.1 Å². The van der Waals surface area contributed by atoms with Crippen LogP contribution in [0.25, 0.3) is 0 Å². The number of allylic oxidation sites excluding steroid dienone is 1. The van der Waals surface area contributed by atoms with Crippen molar-refractivity contribution in [3.8, 4) is 0 Å². The van der Waals surface area contributed by atoms with Gasteiger partial charge in [-0.3, -0.25) is 0 Å². The SMILES string of the molecule is C=C(C)CCCC[SiH](c1ccccc1)c1ccccc1. The van der Waals surface area contributed by atoms with Crippen molar-refractivity contribution in [1.82, 2.24) is 0 Å². The van der Waals surface area contributed by atoms with Crippen molar-refractivity contribution in [2.24, 2.45) is 0 Å². The molecule has 0 nitrogen and oxygen atoms in total. The zero-order valence-electron chi connectivity index (χ0n) is 12.4. The van der Waals surface area contributed by atoms with Crippen LogP contribution in [0.4, 0.5) is 0 Å². The predicted molar refractivity (Wildman–Crippen MR) is 92.8 cm³/mol. The van der Waals surface area contributed by atoms with E-state index in [-0.39, 0.29) is 0 Å². The lowest BCUT2D eigenvalue weighted by molar-refractivity contribution is 0.785. The van der Waals surface area contributed by atoms with Gasteiger partial charge in [-0.15, -0.1) is 6.58 Å². The molecule has 0 saturated heterocycles. The third kappa shape index (κ3) is 4.50. The summed E-state index contributed by atoms with van der Waals surface area (Å²) in [6.07, 6.45) is 3.76. The lowest BCUT2D eigenvalue weighted by Crippen LogP contribution is -2.41. The summed E-state index contributed by atoms with van der Waals surface area (Å²) in [7, 11) is -1.04. The molecule has 0 unspecified atom stereocenters. The minimum atomic E-state index is -1.04. The number of rotatable bonds is 7. The van der Waals surface area contributed by atoms with E-state index in [2.05, 4.69) is 74.2 Å². The van der Waals surface area contributed by atoms with Crippen LogP contribution in [0.15, 0.2) is 72.8 Å². The van der Waals surface area contributed by atoms with Gasteiger partial charge in [0.1, 0.15) is 8.80 Å². The second-order valence-corrected chi connectivity index (χ2v) is 8.59. The fraction of sp³-hybridized carbons (Fsp3) is 0.263. The first-order valence-corrected chi connectivity index (χ1v) is 9.49. The predicted octanol–water partition coefficient (Wildman–Crippen LogP) is 3.77. The van der Waals surface area contributed by atoms with Gasteiger partial charge < -0.3 is 0 Å². The molecule has 0 saturated carbocycles. The molecule has 1 heteroatoms. The van der Waals surface area contributed by atoms with E-state index in [0.29, 0.717) is 0 Å². The summed E-state index contributed by atoms with van der Waals surface area (Å²) in [4.78, 5) is 0. The summed E-state index contributed by atoms with van der Waals surface area (Å²) in [5.74, 6) is 0. The first-order chi connectivity index (χ1) is 9.77. The minimum absolute atomic E-state index is 1.04. The van der Waals surface area contributed by atoms with E-state index in [4.69, 9.17) is 0 Å². The minimum Gasteiger partial charge on any atom is -0.100 e. The Bertz CT molecular complexity index is 476. The molecule has 0 aromatic heterocycles. The van der Waals surface area contributed by atoms with Gasteiger partial charge in [-0.25, -0.2) is 0 Å². The van der Waals surface area contributed by atoms with Gasteiger partial charge >= 0.3 is 0 Å². The van der Waals surface area contributed by atoms with E-state index < -0.39 is 8.80 Å². The van der Waals surface area contributed by atoms with Crippen LogP contribution >= 0.6 is 0 Å². The van der Waals surface area contributed by atoms with Crippen LogP contribution < -0.4 is 10.4 Å². The van der Waals surface area contributed by atoms with Gasteiger partial charge in [-0.2, -0.15) is 0 Å². The van der Waals surface area contributed by atoms with Gasteiger partial charge in [-0.05, 0) is 19.8 Å². The molecule has 0 radical (unpaired) electrons. The molecular formula is C19H24Si. The average molecular weight is 280 g/mol. The highest BCUT2D eigenvalue weighted by Gasteiger charge is 2.15. The van der Waals surface area contributed by atoms with E-state index in [9.17, 15) is 0 Å². The Morgan fingerprint density at radius 1 is 0.850 bits per heavy atom. The molecule has 0 N–H and O–H groups in total. The molecule has 0 amide bonds. The number of benzene rings is 2. The molecule has 2 aromatic rings. The van der Waals surface area contributed by atoms with Crippen molar-refractivity contribution in [2.45, 2.75) is 32.2 Å². The molecular weight excluding hydrogens is 256 g/mol. The van der Waals surface area contributed by atoms with Crippen LogP contribution in [0.1, 0.15) is 26.2 Å². The van der Waals surface area contributed by atoms with Crippen LogP contribution in [0.2, 0.25) is 6.04 Å². The Labute approximate surface area is 124 Å². The Hall–Kier alpha value is -1.60. The van der Waals surface area contributed by atoms with Gasteiger partial charge in [0.2, 0.25) is 0 Å². The lowest BCUT2D eigenvalue weighted by atomic mass is 10.2. The molecule has 0 heterocycles. The molecule has 2 aromatic carbocycles. The number of hydrogen-bond donors (Lipinski definition) is 0. The van der Waals surface area contributed by atoms with E-state index in [1.165, 1.54) is 30.9 Å². The van der Waals surface area contributed by atoms with E-state index >= 15 is 0 Å². The summed E-state index contributed by atoms with van der Waals surface area (Å²) >= 11 is 0. The highest BCUT2D eigenvalue weighted by molar-refractivity contribution is 6.85. The van der Waals surface area contributed by atoms with Crippen LogP contribution in [0.3, 0.4) is 0 Å². The quantitative estimate of drug-likeness (QED) is 0.411. The van der Waals surface area contributed by atoms with Crippen molar-refractivity contribution in [2.75, 3.05) is 0 Å². The maximum atomic E-state index is 4.00. The van der Waals surface area contributed by atoms with Crippen molar-refractivity contribution in [3.05, 3.63) is 72.8 Å². The molecule has 0 aliphatic rings. The Morgan fingerprint density at radius 2 is 1.35 bits per heavy atom. The van der Waals surface area contributed by atoms with Gasteiger partial charge in [0, 0.05) is 0 Å². The Kier molecular flexibility index (Phi) is 5.81. The summed E-state index contributed by atoms with van der Waals surface area (Å²) in [6, 6.07) is 23.5. The molecule has 0 bridgehead atoms. The largest absolute Gasteiger partial charge is 0.103 e. The smallest absolute Gasteiger partial charge is 0.100 e. The van der Waals surface area contributed by atoms with Crippen molar-refractivity contribution >= 4 is 19.2 Å². The fourth-order valence-electron chi connectivity index (χ4n) is 2.67. The Balaban J connectivity index is 2.07. The van der Waals surface area contributed by atoms with Gasteiger partial charge in [0.25, 0.3) is 0 Å². The van der Waals surface area contributed by atoms with Gasteiger partial charge in [0.15, 0.2) is 0 Å². The molecule has 0 atom stereocenters. The van der Waals surface area contributed by atoms with Crippen LogP contribution in [-0.4, -0.2) is 8.80 Å². The van der Waals surface area contributed by atoms with Crippen LogP contribution in [0.5, 0.6) is 0 Å². The molecule has 20 heavy (non-hydrogen) atoms. The Morgan fingerprint density at radius 3 is 1.80 bits per heavy atom. The number of hydrogen-bond acceptors (Lipinski definition) is 0. The maximum absolute atomic E-state index is 4.00.